The molecule has 2 aromatic heterocycles. The molecule has 1 aliphatic heterocycles. The van der Waals surface area contributed by atoms with E-state index < -0.39 is 0 Å². The van der Waals surface area contributed by atoms with Gasteiger partial charge in [-0.25, -0.2) is 9.78 Å². The van der Waals surface area contributed by atoms with E-state index in [9.17, 15) is 4.79 Å². The van der Waals surface area contributed by atoms with E-state index in [0.717, 1.165) is 36.8 Å². The molecule has 0 aliphatic carbocycles. The van der Waals surface area contributed by atoms with Crippen LogP contribution in [0, 0.1) is 0 Å². The number of benzene rings is 1. The lowest BCUT2D eigenvalue weighted by Crippen LogP contribution is -2.52. The number of piperazine rings is 1. The van der Waals surface area contributed by atoms with Gasteiger partial charge < -0.3 is 19.5 Å². The summed E-state index contributed by atoms with van der Waals surface area (Å²) in [6.07, 6.45) is 3.63. The first-order valence-corrected chi connectivity index (χ1v) is 10.9. The maximum atomic E-state index is 13.1. The lowest BCUT2D eigenvalue weighted by atomic mass is 10.1. The molecule has 8 heteroatoms. The molecule has 0 bridgehead atoms. The van der Waals surface area contributed by atoms with Crippen LogP contribution >= 0.6 is 11.3 Å². The second-order valence-corrected chi connectivity index (χ2v) is 8.43. The lowest BCUT2D eigenvalue weighted by molar-refractivity contribution is 0.134. The molecule has 3 aromatic rings. The summed E-state index contributed by atoms with van der Waals surface area (Å²) in [7, 11) is 3.58. The molecule has 1 saturated heterocycles. The Hall–Kier alpha value is -2.84. The summed E-state index contributed by atoms with van der Waals surface area (Å²) in [6, 6.07) is 11.6. The van der Waals surface area contributed by atoms with E-state index in [1.807, 2.05) is 47.0 Å². The second kappa shape index (κ2) is 9.32. The van der Waals surface area contributed by atoms with E-state index in [0.29, 0.717) is 13.1 Å². The summed E-state index contributed by atoms with van der Waals surface area (Å²) in [5.74, 6) is 1.54. The fourth-order valence-electron chi connectivity index (χ4n) is 3.72. The molecule has 1 unspecified atom stereocenters. The molecule has 1 aliphatic rings. The van der Waals surface area contributed by atoms with Crippen molar-refractivity contribution in [3.8, 4) is 5.75 Å². The molecule has 30 heavy (non-hydrogen) atoms. The Labute approximate surface area is 180 Å². The van der Waals surface area contributed by atoms with Crippen LogP contribution in [0.3, 0.4) is 0 Å². The van der Waals surface area contributed by atoms with Gasteiger partial charge in [0.2, 0.25) is 0 Å². The van der Waals surface area contributed by atoms with Crippen LogP contribution in [-0.4, -0.2) is 58.7 Å². The number of aryl methyl sites for hydroxylation is 1. The van der Waals surface area contributed by atoms with Crippen LogP contribution in [-0.2, 0) is 13.6 Å². The van der Waals surface area contributed by atoms with Crippen LogP contribution < -0.4 is 10.1 Å². The molecule has 1 aromatic carbocycles. The minimum Gasteiger partial charge on any atom is -0.497 e. The number of methoxy groups -OCH3 is 1. The molecule has 0 saturated carbocycles. The minimum atomic E-state index is -0.350. The van der Waals surface area contributed by atoms with Gasteiger partial charge in [0, 0.05) is 57.0 Å². The topological polar surface area (TPSA) is 62.6 Å². The Balaban J connectivity index is 1.44. The summed E-state index contributed by atoms with van der Waals surface area (Å²) in [4.78, 5) is 23.2. The van der Waals surface area contributed by atoms with Crippen molar-refractivity contribution in [3.63, 3.8) is 0 Å². The fourth-order valence-corrected chi connectivity index (χ4v) is 4.47. The predicted molar refractivity (Wildman–Crippen MR) is 118 cm³/mol. The molecule has 0 spiro atoms. The Kier molecular flexibility index (Phi) is 6.35. The Morgan fingerprint density at radius 1 is 1.23 bits per heavy atom. The van der Waals surface area contributed by atoms with Gasteiger partial charge in [0.15, 0.2) is 0 Å². The second-order valence-electron chi connectivity index (χ2n) is 7.40. The first-order valence-electron chi connectivity index (χ1n) is 10.1. The van der Waals surface area contributed by atoms with Crippen molar-refractivity contribution < 1.29 is 9.53 Å². The standard InChI is InChI=1S/C22H27N5O2S/c1-25-9-8-23-21(25)20(17-5-3-6-18(15-17)29-2)24-22(28)27-12-10-26(11-13-27)16-19-7-4-14-30-19/h3-9,14-15,20H,10-13,16H2,1-2H3,(H,24,28). The number of aromatic nitrogens is 2. The number of rotatable bonds is 6. The van der Waals surface area contributed by atoms with Crippen LogP contribution in [0.1, 0.15) is 22.3 Å². The number of ether oxygens (including phenoxy) is 1. The van der Waals surface area contributed by atoms with Crippen molar-refractivity contribution in [2.75, 3.05) is 33.3 Å². The molecular formula is C22H27N5O2S. The van der Waals surface area contributed by atoms with Gasteiger partial charge in [0.05, 0.1) is 7.11 Å². The monoisotopic (exact) mass is 425 g/mol. The van der Waals surface area contributed by atoms with Crippen molar-refractivity contribution in [1.29, 1.82) is 0 Å². The van der Waals surface area contributed by atoms with E-state index >= 15 is 0 Å². The summed E-state index contributed by atoms with van der Waals surface area (Å²) < 4.78 is 7.31. The number of amides is 2. The average molecular weight is 426 g/mol. The third kappa shape index (κ3) is 4.66. The number of nitrogens with zero attached hydrogens (tertiary/aromatic N) is 4. The molecule has 4 rings (SSSR count). The number of hydrogen-bond donors (Lipinski definition) is 1. The smallest absolute Gasteiger partial charge is 0.318 e. The summed E-state index contributed by atoms with van der Waals surface area (Å²) >= 11 is 1.78. The Morgan fingerprint density at radius 2 is 2.07 bits per heavy atom. The third-order valence-corrected chi connectivity index (χ3v) is 6.29. The SMILES string of the molecule is COc1cccc(C(NC(=O)N2CCN(Cc3cccs3)CC2)c2nccn2C)c1. The van der Waals surface area contributed by atoms with Crippen LogP contribution in [0.5, 0.6) is 5.75 Å². The normalized spacial score (nSPS) is 15.7. The van der Waals surface area contributed by atoms with Crippen molar-refractivity contribution >= 4 is 17.4 Å². The van der Waals surface area contributed by atoms with E-state index in [1.165, 1.54) is 4.88 Å². The van der Waals surface area contributed by atoms with Gasteiger partial charge in [-0.05, 0) is 29.1 Å². The number of thiophene rings is 1. The van der Waals surface area contributed by atoms with E-state index in [1.54, 1.807) is 24.6 Å². The highest BCUT2D eigenvalue weighted by molar-refractivity contribution is 7.09. The molecule has 1 N–H and O–H groups in total. The third-order valence-electron chi connectivity index (χ3n) is 5.43. The van der Waals surface area contributed by atoms with Crippen molar-refractivity contribution in [2.45, 2.75) is 12.6 Å². The average Bonchev–Trinajstić information content (AvgIpc) is 3.44. The van der Waals surface area contributed by atoms with Gasteiger partial charge in [-0.2, -0.15) is 0 Å². The number of nitrogens with one attached hydrogen (secondary N) is 1. The Bertz CT molecular complexity index is 964. The van der Waals surface area contributed by atoms with E-state index in [-0.39, 0.29) is 12.1 Å². The highest BCUT2D eigenvalue weighted by Crippen LogP contribution is 2.24. The molecule has 0 radical (unpaired) electrons. The van der Waals surface area contributed by atoms with Gasteiger partial charge >= 0.3 is 6.03 Å². The maximum absolute atomic E-state index is 13.1. The fraction of sp³-hybridized carbons (Fsp3) is 0.364. The van der Waals surface area contributed by atoms with Crippen LogP contribution in [0.15, 0.2) is 54.2 Å². The van der Waals surface area contributed by atoms with Crippen molar-refractivity contribution in [2.24, 2.45) is 7.05 Å². The van der Waals surface area contributed by atoms with Crippen LogP contribution in [0.25, 0.3) is 0 Å². The highest BCUT2D eigenvalue weighted by Gasteiger charge is 2.26. The lowest BCUT2D eigenvalue weighted by Gasteiger charge is -2.35. The zero-order chi connectivity index (χ0) is 20.9. The molecular weight excluding hydrogens is 398 g/mol. The zero-order valence-electron chi connectivity index (χ0n) is 17.3. The van der Waals surface area contributed by atoms with Crippen molar-refractivity contribution in [1.82, 2.24) is 24.7 Å². The van der Waals surface area contributed by atoms with Gasteiger partial charge in [-0.15, -0.1) is 11.3 Å². The van der Waals surface area contributed by atoms with E-state index in [4.69, 9.17) is 4.74 Å². The van der Waals surface area contributed by atoms with Crippen LogP contribution in [0.2, 0.25) is 0 Å². The molecule has 158 valence electrons. The highest BCUT2D eigenvalue weighted by atomic mass is 32.1. The van der Waals surface area contributed by atoms with Crippen molar-refractivity contribution in [3.05, 3.63) is 70.4 Å². The summed E-state index contributed by atoms with van der Waals surface area (Å²) in [5.41, 5.74) is 0.938. The predicted octanol–water partition coefficient (Wildman–Crippen LogP) is 3.11. The number of urea groups is 1. The van der Waals surface area contributed by atoms with Gasteiger partial charge in [0.25, 0.3) is 0 Å². The summed E-state index contributed by atoms with van der Waals surface area (Å²) in [5, 5.41) is 5.30. The number of carbonyl (C=O) groups is 1. The molecule has 1 fully saturated rings. The first kappa shape index (κ1) is 20.4. The van der Waals surface area contributed by atoms with Crippen LogP contribution in [0.4, 0.5) is 4.79 Å². The first-order chi connectivity index (χ1) is 14.6. The van der Waals surface area contributed by atoms with Gasteiger partial charge in [-0.3, -0.25) is 4.90 Å². The zero-order valence-corrected chi connectivity index (χ0v) is 18.1. The van der Waals surface area contributed by atoms with E-state index in [2.05, 4.69) is 32.7 Å². The molecule has 7 nitrogen and oxygen atoms in total. The minimum absolute atomic E-state index is 0.0680. The molecule has 3 heterocycles. The molecule has 2 amide bonds. The number of carbonyl (C=O) groups excluding carboxylic acids is 1. The summed E-state index contributed by atoms with van der Waals surface area (Å²) in [6.45, 7) is 4.12. The maximum Gasteiger partial charge on any atom is 0.318 e. The van der Waals surface area contributed by atoms with Gasteiger partial charge in [-0.1, -0.05) is 18.2 Å². The quantitative estimate of drug-likeness (QED) is 0.659. The number of hydrogen-bond acceptors (Lipinski definition) is 5. The largest absolute Gasteiger partial charge is 0.497 e. The number of imidazole rings is 1. The molecule has 1 atom stereocenters. The Morgan fingerprint density at radius 3 is 2.73 bits per heavy atom. The van der Waals surface area contributed by atoms with Gasteiger partial charge in [0.1, 0.15) is 17.6 Å².